The Kier molecular flexibility index (Phi) is 3.28. The molecule has 1 aliphatic carbocycles. The van der Waals surface area contributed by atoms with Crippen molar-refractivity contribution < 1.29 is 4.39 Å². The normalized spacial score (nSPS) is 25.1. The molecule has 3 heteroatoms. The summed E-state index contributed by atoms with van der Waals surface area (Å²) in [6, 6.07) is 6.97. The van der Waals surface area contributed by atoms with Crippen LogP contribution < -0.4 is 5.73 Å². The molecule has 0 aliphatic heterocycles. The minimum absolute atomic E-state index is 0. The van der Waals surface area contributed by atoms with Gasteiger partial charge in [0.1, 0.15) is 5.82 Å². The Bertz CT molecular complexity index is 290. The van der Waals surface area contributed by atoms with Gasteiger partial charge >= 0.3 is 0 Å². The highest BCUT2D eigenvalue weighted by molar-refractivity contribution is 5.85. The number of halogens is 2. The molecule has 1 fully saturated rings. The van der Waals surface area contributed by atoms with Crippen LogP contribution in [0.1, 0.15) is 17.9 Å². The molecule has 2 rings (SSSR count). The molecule has 13 heavy (non-hydrogen) atoms. The van der Waals surface area contributed by atoms with Gasteiger partial charge in [0.15, 0.2) is 0 Å². The predicted octanol–water partition coefficient (Wildman–Crippen LogP) is 2.31. The highest BCUT2D eigenvalue weighted by Crippen LogP contribution is 2.47. The van der Waals surface area contributed by atoms with Gasteiger partial charge in [-0.15, -0.1) is 12.4 Å². The fraction of sp³-hybridized carbons (Fsp3) is 0.400. The number of benzene rings is 1. The molecule has 0 unspecified atom stereocenters. The van der Waals surface area contributed by atoms with Crippen molar-refractivity contribution in [3.63, 3.8) is 0 Å². The number of nitrogens with two attached hydrogens (primary N) is 1. The van der Waals surface area contributed by atoms with Gasteiger partial charge in [-0.05, 0) is 36.4 Å². The Morgan fingerprint density at radius 2 is 2.08 bits per heavy atom. The summed E-state index contributed by atoms with van der Waals surface area (Å²) in [4.78, 5) is 0. The summed E-state index contributed by atoms with van der Waals surface area (Å²) in [7, 11) is 0. The molecule has 0 heterocycles. The summed E-state index contributed by atoms with van der Waals surface area (Å²) in [5.74, 6) is 0.816. The Hall–Kier alpha value is -0.600. The van der Waals surface area contributed by atoms with Crippen LogP contribution in [0, 0.1) is 11.7 Å². The molecule has 0 spiro atoms. The summed E-state index contributed by atoms with van der Waals surface area (Å²) < 4.78 is 13.1. The third-order valence-electron chi connectivity index (χ3n) is 2.53. The number of hydrogen-bond donors (Lipinski definition) is 1. The molecule has 0 bridgehead atoms. The molecule has 72 valence electrons. The van der Waals surface area contributed by atoms with Gasteiger partial charge in [0.05, 0.1) is 0 Å². The molecular formula is C10H13ClFN. The molecule has 0 aromatic heterocycles. The minimum atomic E-state index is -0.0848. The van der Waals surface area contributed by atoms with Gasteiger partial charge < -0.3 is 5.73 Å². The molecule has 1 nitrogen and oxygen atoms in total. The van der Waals surface area contributed by atoms with E-state index in [1.165, 1.54) is 6.07 Å². The van der Waals surface area contributed by atoms with E-state index in [2.05, 4.69) is 0 Å². The topological polar surface area (TPSA) is 26.0 Å². The average molecular weight is 202 g/mol. The monoisotopic (exact) mass is 201 g/mol. The van der Waals surface area contributed by atoms with E-state index in [9.17, 15) is 4.39 Å². The van der Waals surface area contributed by atoms with Crippen LogP contribution in [0.15, 0.2) is 24.3 Å². The number of rotatable bonds is 2. The largest absolute Gasteiger partial charge is 0.330 e. The van der Waals surface area contributed by atoms with Crippen LogP contribution in [-0.2, 0) is 0 Å². The van der Waals surface area contributed by atoms with E-state index in [0.717, 1.165) is 12.0 Å². The molecular weight excluding hydrogens is 189 g/mol. The van der Waals surface area contributed by atoms with Gasteiger partial charge in [-0.2, -0.15) is 0 Å². The van der Waals surface area contributed by atoms with E-state index in [1.54, 1.807) is 6.07 Å². The summed E-state index contributed by atoms with van der Waals surface area (Å²) in [5, 5.41) is 0. The van der Waals surface area contributed by atoms with Crippen molar-refractivity contribution in [3.8, 4) is 0 Å². The molecule has 0 radical (unpaired) electrons. The van der Waals surface area contributed by atoms with Gasteiger partial charge in [0, 0.05) is 0 Å². The van der Waals surface area contributed by atoms with Crippen LogP contribution in [0.2, 0.25) is 0 Å². The lowest BCUT2D eigenvalue weighted by Crippen LogP contribution is -2.02. The van der Waals surface area contributed by atoms with Crippen LogP contribution in [0.3, 0.4) is 0 Å². The summed E-state index contributed by atoms with van der Waals surface area (Å²) in [6.45, 7) is 0.680. The molecule has 1 aromatic carbocycles. The van der Waals surface area contributed by atoms with E-state index in [4.69, 9.17) is 5.73 Å². The molecule has 1 aromatic rings. The van der Waals surface area contributed by atoms with E-state index in [0.29, 0.717) is 18.4 Å². The predicted molar refractivity (Wildman–Crippen MR) is 53.6 cm³/mol. The quantitative estimate of drug-likeness (QED) is 0.781. The third kappa shape index (κ3) is 2.01. The van der Waals surface area contributed by atoms with Crippen LogP contribution in [-0.4, -0.2) is 6.54 Å². The van der Waals surface area contributed by atoms with Gasteiger partial charge in [-0.1, -0.05) is 18.2 Å². The highest BCUT2D eigenvalue weighted by atomic mass is 35.5. The second-order valence-electron chi connectivity index (χ2n) is 3.36. The van der Waals surface area contributed by atoms with Gasteiger partial charge in [0.25, 0.3) is 0 Å². The maximum atomic E-state index is 13.1. The van der Waals surface area contributed by atoms with E-state index in [-0.39, 0.29) is 18.2 Å². The van der Waals surface area contributed by atoms with Crippen LogP contribution in [0.4, 0.5) is 4.39 Å². The molecule has 2 N–H and O–H groups in total. The van der Waals surface area contributed by atoms with E-state index in [1.807, 2.05) is 12.1 Å². The Labute approximate surface area is 83.5 Å². The summed E-state index contributed by atoms with van der Waals surface area (Å²) >= 11 is 0. The van der Waals surface area contributed by atoms with Crippen molar-refractivity contribution in [2.45, 2.75) is 12.3 Å². The van der Waals surface area contributed by atoms with E-state index >= 15 is 0 Å². The Balaban J connectivity index is 0.000000845. The van der Waals surface area contributed by atoms with Crippen LogP contribution >= 0.6 is 12.4 Å². The zero-order chi connectivity index (χ0) is 8.55. The first-order valence-electron chi connectivity index (χ1n) is 4.27. The first-order chi connectivity index (χ1) is 5.83. The molecule has 1 saturated carbocycles. The summed E-state index contributed by atoms with van der Waals surface area (Å²) in [6.07, 6.45) is 1.05. The van der Waals surface area contributed by atoms with Gasteiger partial charge in [0.2, 0.25) is 0 Å². The van der Waals surface area contributed by atoms with Crippen LogP contribution in [0.25, 0.3) is 0 Å². The lowest BCUT2D eigenvalue weighted by Gasteiger charge is -1.99. The maximum Gasteiger partial charge on any atom is 0.126 e. The Morgan fingerprint density at radius 1 is 1.38 bits per heavy atom. The van der Waals surface area contributed by atoms with Gasteiger partial charge in [-0.3, -0.25) is 0 Å². The lowest BCUT2D eigenvalue weighted by atomic mass is 10.1. The molecule has 0 saturated heterocycles. The van der Waals surface area contributed by atoms with Crippen molar-refractivity contribution in [2.24, 2.45) is 11.7 Å². The SMILES string of the molecule is Cl.NC[C@H]1C[C@@H]1c1ccccc1F. The summed E-state index contributed by atoms with van der Waals surface area (Å²) in [5.41, 5.74) is 6.33. The van der Waals surface area contributed by atoms with E-state index < -0.39 is 0 Å². The molecule has 2 atom stereocenters. The fourth-order valence-corrected chi connectivity index (χ4v) is 1.66. The fourth-order valence-electron chi connectivity index (χ4n) is 1.66. The van der Waals surface area contributed by atoms with Crippen molar-refractivity contribution >= 4 is 12.4 Å². The lowest BCUT2D eigenvalue weighted by molar-refractivity contribution is 0.606. The smallest absolute Gasteiger partial charge is 0.126 e. The first kappa shape index (κ1) is 10.5. The van der Waals surface area contributed by atoms with Crippen molar-refractivity contribution in [1.29, 1.82) is 0 Å². The zero-order valence-corrected chi connectivity index (χ0v) is 8.06. The van der Waals surface area contributed by atoms with Crippen molar-refractivity contribution in [2.75, 3.05) is 6.54 Å². The third-order valence-corrected chi connectivity index (χ3v) is 2.53. The zero-order valence-electron chi connectivity index (χ0n) is 7.24. The number of hydrogen-bond acceptors (Lipinski definition) is 1. The standard InChI is InChI=1S/C10H12FN.ClH/c11-10-4-2-1-3-8(10)9-5-7(9)6-12;/h1-4,7,9H,5-6,12H2;1H/t7-,9+;/m1./s1. The second-order valence-corrected chi connectivity index (χ2v) is 3.36. The Morgan fingerprint density at radius 3 is 2.62 bits per heavy atom. The highest BCUT2D eigenvalue weighted by Gasteiger charge is 2.38. The molecule has 0 amide bonds. The maximum absolute atomic E-state index is 13.1. The average Bonchev–Trinajstić information content (AvgIpc) is 2.84. The second kappa shape index (κ2) is 4.07. The van der Waals surface area contributed by atoms with Gasteiger partial charge in [-0.25, -0.2) is 4.39 Å². The van der Waals surface area contributed by atoms with Crippen molar-refractivity contribution in [3.05, 3.63) is 35.6 Å². The molecule has 1 aliphatic rings. The minimum Gasteiger partial charge on any atom is -0.330 e. The van der Waals surface area contributed by atoms with Crippen LogP contribution in [0.5, 0.6) is 0 Å². The van der Waals surface area contributed by atoms with Crippen molar-refractivity contribution in [1.82, 2.24) is 0 Å². The first-order valence-corrected chi connectivity index (χ1v) is 4.27.